The Morgan fingerprint density at radius 2 is 1.35 bits per heavy atom. The predicted molar refractivity (Wildman–Crippen MR) is 88.6 cm³/mol. The molecule has 0 saturated carbocycles. The molecule has 0 bridgehead atoms. The van der Waals surface area contributed by atoms with Crippen molar-refractivity contribution in [1.82, 2.24) is 0 Å². The van der Waals surface area contributed by atoms with Gasteiger partial charge in [-0.15, -0.1) is 0 Å². The number of anilines is 1. The number of hydrogen-bond acceptors (Lipinski definition) is 1. The molecule has 1 unspecified atom stereocenters. The van der Waals surface area contributed by atoms with Crippen LogP contribution >= 0.6 is 0 Å². The quantitative estimate of drug-likeness (QED) is 0.785. The van der Waals surface area contributed by atoms with Gasteiger partial charge in [-0.2, -0.15) is 0 Å². The van der Waals surface area contributed by atoms with E-state index in [4.69, 9.17) is 0 Å². The number of rotatable bonds is 3. The molecule has 1 N–H and O–H groups in total. The second kappa shape index (κ2) is 5.70. The van der Waals surface area contributed by atoms with Crippen molar-refractivity contribution in [2.75, 3.05) is 5.32 Å². The maximum Gasteiger partial charge on any atom is 0.0490 e. The molecule has 0 heterocycles. The second-order valence-electron chi connectivity index (χ2n) is 6.00. The summed E-state index contributed by atoms with van der Waals surface area (Å²) in [4.78, 5) is 0. The molecule has 2 aromatic rings. The van der Waals surface area contributed by atoms with E-state index in [-0.39, 0.29) is 0 Å². The van der Waals surface area contributed by atoms with Crippen molar-refractivity contribution in [2.24, 2.45) is 0 Å². The molecule has 1 atom stereocenters. The Hall–Kier alpha value is -1.76. The van der Waals surface area contributed by atoms with E-state index in [2.05, 4.69) is 77.2 Å². The van der Waals surface area contributed by atoms with Crippen molar-refractivity contribution in [3.05, 3.63) is 63.7 Å². The van der Waals surface area contributed by atoms with E-state index >= 15 is 0 Å². The molecule has 2 rings (SSSR count). The third-order valence-corrected chi connectivity index (χ3v) is 3.94. The Morgan fingerprint density at radius 1 is 0.750 bits per heavy atom. The van der Waals surface area contributed by atoms with Gasteiger partial charge in [0.15, 0.2) is 0 Å². The maximum atomic E-state index is 3.67. The number of aryl methyl sites for hydroxylation is 5. The molecule has 0 amide bonds. The Labute approximate surface area is 123 Å². The summed E-state index contributed by atoms with van der Waals surface area (Å²) < 4.78 is 0. The molecule has 2 aromatic carbocycles. The second-order valence-corrected chi connectivity index (χ2v) is 6.00. The molecule has 106 valence electrons. The summed E-state index contributed by atoms with van der Waals surface area (Å²) in [5.74, 6) is 0. The van der Waals surface area contributed by atoms with Crippen LogP contribution in [0.5, 0.6) is 0 Å². The fourth-order valence-electron chi connectivity index (χ4n) is 3.07. The van der Waals surface area contributed by atoms with Gasteiger partial charge in [0.1, 0.15) is 0 Å². The van der Waals surface area contributed by atoms with Gasteiger partial charge in [0, 0.05) is 11.7 Å². The molecule has 0 radical (unpaired) electrons. The molecule has 0 aromatic heterocycles. The summed E-state index contributed by atoms with van der Waals surface area (Å²) >= 11 is 0. The molecule has 0 aliphatic rings. The summed E-state index contributed by atoms with van der Waals surface area (Å²) in [6.07, 6.45) is 0. The monoisotopic (exact) mass is 267 g/mol. The Bertz CT molecular complexity index is 603. The molecule has 20 heavy (non-hydrogen) atoms. The van der Waals surface area contributed by atoms with Crippen LogP contribution in [0.2, 0.25) is 0 Å². The first-order valence-electron chi connectivity index (χ1n) is 7.30. The fourth-order valence-corrected chi connectivity index (χ4v) is 3.07. The lowest BCUT2D eigenvalue weighted by atomic mass is 9.94. The van der Waals surface area contributed by atoms with Crippen molar-refractivity contribution in [3.63, 3.8) is 0 Å². The maximum absolute atomic E-state index is 3.67. The lowest BCUT2D eigenvalue weighted by Gasteiger charge is -2.22. The largest absolute Gasteiger partial charge is 0.378 e. The first-order chi connectivity index (χ1) is 9.38. The highest BCUT2D eigenvalue weighted by Crippen LogP contribution is 2.28. The SMILES string of the molecule is Cc1cc(C)c(C(C)Nc2cc(C)ccc2C)c(C)c1. The summed E-state index contributed by atoms with van der Waals surface area (Å²) in [5.41, 5.74) is 9.31. The summed E-state index contributed by atoms with van der Waals surface area (Å²) in [7, 11) is 0. The van der Waals surface area contributed by atoms with E-state index in [1.54, 1.807) is 0 Å². The summed E-state index contributed by atoms with van der Waals surface area (Å²) in [6.45, 7) is 13.1. The summed E-state index contributed by atoms with van der Waals surface area (Å²) in [6, 6.07) is 11.4. The van der Waals surface area contributed by atoms with Crippen LogP contribution in [0.3, 0.4) is 0 Å². The fraction of sp³-hybridized carbons (Fsp3) is 0.368. The molecule has 1 nitrogen and oxygen atoms in total. The van der Waals surface area contributed by atoms with Crippen LogP contribution in [0.25, 0.3) is 0 Å². The highest BCUT2D eigenvalue weighted by atomic mass is 14.9. The van der Waals surface area contributed by atoms with Crippen molar-refractivity contribution in [2.45, 2.75) is 47.6 Å². The van der Waals surface area contributed by atoms with Gasteiger partial charge in [-0.1, -0.05) is 29.8 Å². The van der Waals surface area contributed by atoms with Gasteiger partial charge in [-0.3, -0.25) is 0 Å². The topological polar surface area (TPSA) is 12.0 Å². The lowest BCUT2D eigenvalue weighted by molar-refractivity contribution is 0.860. The number of benzene rings is 2. The zero-order valence-corrected chi connectivity index (χ0v) is 13.5. The molecule has 0 spiro atoms. The zero-order chi connectivity index (χ0) is 14.9. The smallest absolute Gasteiger partial charge is 0.0490 e. The number of nitrogens with one attached hydrogen (secondary N) is 1. The Balaban J connectivity index is 2.33. The molecule has 0 fully saturated rings. The van der Waals surface area contributed by atoms with Crippen molar-refractivity contribution in [3.8, 4) is 0 Å². The summed E-state index contributed by atoms with van der Waals surface area (Å²) in [5, 5.41) is 3.67. The average molecular weight is 267 g/mol. The van der Waals surface area contributed by atoms with E-state index in [1.165, 1.54) is 39.1 Å². The van der Waals surface area contributed by atoms with Gasteiger partial charge in [0.05, 0.1) is 0 Å². The normalized spacial score (nSPS) is 12.3. The van der Waals surface area contributed by atoms with Gasteiger partial charge in [0.2, 0.25) is 0 Å². The van der Waals surface area contributed by atoms with E-state index in [0.29, 0.717) is 6.04 Å². The van der Waals surface area contributed by atoms with Crippen LogP contribution in [-0.2, 0) is 0 Å². The lowest BCUT2D eigenvalue weighted by Crippen LogP contribution is -2.11. The predicted octanol–water partition coefficient (Wildman–Crippen LogP) is 5.40. The van der Waals surface area contributed by atoms with Crippen LogP contribution in [0.15, 0.2) is 30.3 Å². The standard InChI is InChI=1S/C19H25N/c1-12-7-8-14(3)18(11-12)20-17(6)19-15(4)9-13(2)10-16(19)5/h7-11,17,20H,1-6H3. The van der Waals surface area contributed by atoms with Gasteiger partial charge in [0.25, 0.3) is 0 Å². The third-order valence-electron chi connectivity index (χ3n) is 3.94. The molecular formula is C19H25N. The van der Waals surface area contributed by atoms with E-state index < -0.39 is 0 Å². The minimum Gasteiger partial charge on any atom is -0.378 e. The highest BCUT2D eigenvalue weighted by Gasteiger charge is 2.12. The molecule has 0 aliphatic carbocycles. The Morgan fingerprint density at radius 3 is 1.95 bits per heavy atom. The minimum absolute atomic E-state index is 0.316. The Kier molecular flexibility index (Phi) is 4.17. The van der Waals surface area contributed by atoms with Crippen molar-refractivity contribution >= 4 is 5.69 Å². The molecule has 1 heteroatoms. The van der Waals surface area contributed by atoms with E-state index in [1.807, 2.05) is 0 Å². The van der Waals surface area contributed by atoms with Gasteiger partial charge in [-0.25, -0.2) is 0 Å². The average Bonchev–Trinajstić information content (AvgIpc) is 2.32. The van der Waals surface area contributed by atoms with Crippen molar-refractivity contribution < 1.29 is 0 Å². The van der Waals surface area contributed by atoms with Crippen LogP contribution in [0.4, 0.5) is 5.69 Å². The van der Waals surface area contributed by atoms with Crippen LogP contribution in [-0.4, -0.2) is 0 Å². The first kappa shape index (κ1) is 14.6. The van der Waals surface area contributed by atoms with Crippen LogP contribution in [0, 0.1) is 34.6 Å². The number of hydrogen-bond donors (Lipinski definition) is 1. The third kappa shape index (κ3) is 3.04. The minimum atomic E-state index is 0.316. The van der Waals surface area contributed by atoms with Gasteiger partial charge >= 0.3 is 0 Å². The van der Waals surface area contributed by atoms with E-state index in [9.17, 15) is 0 Å². The van der Waals surface area contributed by atoms with Gasteiger partial charge in [-0.05, 0) is 75.4 Å². The first-order valence-corrected chi connectivity index (χ1v) is 7.30. The van der Waals surface area contributed by atoms with Crippen molar-refractivity contribution in [1.29, 1.82) is 0 Å². The van der Waals surface area contributed by atoms with Crippen LogP contribution < -0.4 is 5.32 Å². The zero-order valence-electron chi connectivity index (χ0n) is 13.5. The molecular weight excluding hydrogens is 242 g/mol. The van der Waals surface area contributed by atoms with E-state index in [0.717, 1.165) is 0 Å². The highest BCUT2D eigenvalue weighted by molar-refractivity contribution is 5.55. The molecule has 0 saturated heterocycles. The van der Waals surface area contributed by atoms with Crippen LogP contribution in [0.1, 0.15) is 46.3 Å². The molecule has 0 aliphatic heterocycles. The van der Waals surface area contributed by atoms with Gasteiger partial charge < -0.3 is 5.32 Å².